The highest BCUT2D eigenvalue weighted by molar-refractivity contribution is 5.85. The molecule has 1 aromatic rings. The molecule has 0 spiro atoms. The number of rotatable bonds is 6. The average molecular weight is 286 g/mol. The Hall–Kier alpha value is -1.26. The van der Waals surface area contributed by atoms with Gasteiger partial charge in [0.05, 0.1) is 19.6 Å². The molecule has 1 aromatic carbocycles. The molecule has 1 fully saturated rings. The molecule has 1 saturated heterocycles. The van der Waals surface area contributed by atoms with Crippen molar-refractivity contribution in [1.29, 1.82) is 0 Å². The summed E-state index contributed by atoms with van der Waals surface area (Å²) in [5.41, 5.74) is 0.950. The van der Waals surface area contributed by atoms with E-state index < -0.39 is 0 Å². The minimum Gasteiger partial charge on any atom is -0.493 e. The number of halogens is 1. The number of carbonyl (C=O) groups excluding carboxylic acids is 1. The van der Waals surface area contributed by atoms with E-state index in [1.165, 1.54) is 0 Å². The fraction of sp³-hybridized carbons (Fsp3) is 0.500. The molecule has 2 rings (SSSR count). The monoisotopic (exact) mass is 285 g/mol. The summed E-state index contributed by atoms with van der Waals surface area (Å²) in [6, 6.07) is 7.62. The zero-order valence-electron chi connectivity index (χ0n) is 11.1. The molecule has 19 heavy (non-hydrogen) atoms. The summed E-state index contributed by atoms with van der Waals surface area (Å²) >= 11 is 0. The molecule has 5 heteroatoms. The Labute approximate surface area is 119 Å². The van der Waals surface area contributed by atoms with Crippen molar-refractivity contribution in [2.24, 2.45) is 5.92 Å². The van der Waals surface area contributed by atoms with Crippen LogP contribution >= 0.6 is 12.4 Å². The molecule has 106 valence electrons. The van der Waals surface area contributed by atoms with Crippen LogP contribution < -0.4 is 10.1 Å². The van der Waals surface area contributed by atoms with E-state index in [4.69, 9.17) is 9.47 Å². The second-order valence-electron chi connectivity index (χ2n) is 4.46. The third kappa shape index (κ3) is 5.09. The Kier molecular flexibility index (Phi) is 6.67. The fourth-order valence-corrected chi connectivity index (χ4v) is 1.76. The van der Waals surface area contributed by atoms with E-state index in [2.05, 4.69) is 5.32 Å². The normalized spacial score (nSPS) is 14.2. The average Bonchev–Trinajstić information content (AvgIpc) is 2.29. The molecule has 0 aliphatic carbocycles. The van der Waals surface area contributed by atoms with Crippen LogP contribution in [-0.4, -0.2) is 32.3 Å². The van der Waals surface area contributed by atoms with E-state index in [0.717, 1.165) is 31.0 Å². The maximum atomic E-state index is 11.3. The quantitative estimate of drug-likeness (QED) is 0.810. The molecule has 4 nitrogen and oxygen atoms in total. The standard InChI is InChI=1S/C14H19NO3.ClH/c1-2-17-14(16)7-11-3-5-13(6-4-11)18-10-12-8-15-9-12;/h3-6,12,15H,2,7-10H2,1H3;1H. The lowest BCUT2D eigenvalue weighted by Crippen LogP contribution is -2.45. The first-order valence-electron chi connectivity index (χ1n) is 6.36. The lowest BCUT2D eigenvalue weighted by molar-refractivity contribution is -0.142. The predicted octanol–water partition coefficient (Wildman–Crippen LogP) is 1.81. The van der Waals surface area contributed by atoms with Gasteiger partial charge in [0, 0.05) is 19.0 Å². The Bertz CT molecular complexity index is 390. The van der Waals surface area contributed by atoms with Gasteiger partial charge in [-0.25, -0.2) is 0 Å². The molecule has 1 N–H and O–H groups in total. The molecule has 0 saturated carbocycles. The highest BCUT2D eigenvalue weighted by atomic mass is 35.5. The zero-order valence-corrected chi connectivity index (χ0v) is 11.9. The van der Waals surface area contributed by atoms with Crippen molar-refractivity contribution in [1.82, 2.24) is 5.32 Å². The summed E-state index contributed by atoms with van der Waals surface area (Å²) in [5, 5.41) is 3.21. The maximum absolute atomic E-state index is 11.3. The summed E-state index contributed by atoms with van der Waals surface area (Å²) in [6.45, 7) is 5.08. The molecular weight excluding hydrogens is 266 g/mol. The highest BCUT2D eigenvalue weighted by Gasteiger charge is 2.16. The first-order chi connectivity index (χ1) is 8.78. The Morgan fingerprint density at radius 2 is 2.00 bits per heavy atom. The van der Waals surface area contributed by atoms with E-state index in [0.29, 0.717) is 18.9 Å². The van der Waals surface area contributed by atoms with Crippen molar-refractivity contribution >= 4 is 18.4 Å². The number of hydrogen-bond acceptors (Lipinski definition) is 4. The molecule has 0 atom stereocenters. The van der Waals surface area contributed by atoms with Crippen LogP contribution in [0.4, 0.5) is 0 Å². The van der Waals surface area contributed by atoms with Crippen LogP contribution in [0.25, 0.3) is 0 Å². The van der Waals surface area contributed by atoms with Crippen LogP contribution in [0.15, 0.2) is 24.3 Å². The van der Waals surface area contributed by atoms with Gasteiger partial charge in [0.1, 0.15) is 5.75 Å². The van der Waals surface area contributed by atoms with Gasteiger partial charge in [0.2, 0.25) is 0 Å². The van der Waals surface area contributed by atoms with E-state index in [1.54, 1.807) is 0 Å². The topological polar surface area (TPSA) is 47.6 Å². The smallest absolute Gasteiger partial charge is 0.310 e. The molecule has 0 unspecified atom stereocenters. The van der Waals surface area contributed by atoms with Crippen LogP contribution in [0.1, 0.15) is 12.5 Å². The third-order valence-corrected chi connectivity index (χ3v) is 2.93. The molecule has 0 amide bonds. The number of esters is 1. The van der Waals surface area contributed by atoms with Crippen molar-refractivity contribution in [3.05, 3.63) is 29.8 Å². The molecule has 1 heterocycles. The lowest BCUT2D eigenvalue weighted by atomic mass is 10.1. The lowest BCUT2D eigenvalue weighted by Gasteiger charge is -2.26. The Morgan fingerprint density at radius 3 is 2.53 bits per heavy atom. The van der Waals surface area contributed by atoms with Gasteiger partial charge in [-0.05, 0) is 24.6 Å². The van der Waals surface area contributed by atoms with Gasteiger partial charge in [-0.15, -0.1) is 12.4 Å². The van der Waals surface area contributed by atoms with Crippen molar-refractivity contribution < 1.29 is 14.3 Å². The van der Waals surface area contributed by atoms with Gasteiger partial charge in [-0.1, -0.05) is 12.1 Å². The van der Waals surface area contributed by atoms with Crippen LogP contribution in [0, 0.1) is 5.92 Å². The second-order valence-corrected chi connectivity index (χ2v) is 4.46. The summed E-state index contributed by atoms with van der Waals surface area (Å²) < 4.78 is 10.6. The number of carbonyl (C=O) groups is 1. The first-order valence-corrected chi connectivity index (χ1v) is 6.36. The van der Waals surface area contributed by atoms with Gasteiger partial charge < -0.3 is 14.8 Å². The van der Waals surface area contributed by atoms with E-state index in [1.807, 2.05) is 31.2 Å². The maximum Gasteiger partial charge on any atom is 0.310 e. The van der Waals surface area contributed by atoms with Gasteiger partial charge >= 0.3 is 5.97 Å². The van der Waals surface area contributed by atoms with E-state index in [-0.39, 0.29) is 18.4 Å². The zero-order chi connectivity index (χ0) is 12.8. The fourth-order valence-electron chi connectivity index (χ4n) is 1.76. The summed E-state index contributed by atoms with van der Waals surface area (Å²) in [5.74, 6) is 1.30. The number of nitrogens with one attached hydrogen (secondary N) is 1. The number of ether oxygens (including phenoxy) is 2. The summed E-state index contributed by atoms with van der Waals surface area (Å²) in [4.78, 5) is 11.3. The van der Waals surface area contributed by atoms with Crippen molar-refractivity contribution in [2.75, 3.05) is 26.3 Å². The SMILES string of the molecule is CCOC(=O)Cc1ccc(OCC2CNC2)cc1.Cl. The first kappa shape index (κ1) is 15.8. The number of benzene rings is 1. The van der Waals surface area contributed by atoms with Crippen molar-refractivity contribution in [3.63, 3.8) is 0 Å². The predicted molar refractivity (Wildman–Crippen MR) is 75.9 cm³/mol. The van der Waals surface area contributed by atoms with E-state index in [9.17, 15) is 4.79 Å². The van der Waals surface area contributed by atoms with Gasteiger partial charge in [-0.2, -0.15) is 0 Å². The Morgan fingerprint density at radius 1 is 1.32 bits per heavy atom. The van der Waals surface area contributed by atoms with Gasteiger partial charge in [0.15, 0.2) is 0 Å². The summed E-state index contributed by atoms with van der Waals surface area (Å²) in [7, 11) is 0. The van der Waals surface area contributed by atoms with E-state index >= 15 is 0 Å². The van der Waals surface area contributed by atoms with Crippen molar-refractivity contribution in [2.45, 2.75) is 13.3 Å². The minimum atomic E-state index is -0.188. The van der Waals surface area contributed by atoms with Crippen LogP contribution in [0.3, 0.4) is 0 Å². The largest absolute Gasteiger partial charge is 0.493 e. The molecule has 0 aromatic heterocycles. The number of hydrogen-bond donors (Lipinski definition) is 1. The van der Waals surface area contributed by atoms with Crippen LogP contribution in [0.5, 0.6) is 5.75 Å². The summed E-state index contributed by atoms with van der Waals surface area (Å²) in [6.07, 6.45) is 0.320. The third-order valence-electron chi connectivity index (χ3n) is 2.93. The van der Waals surface area contributed by atoms with Crippen LogP contribution in [0.2, 0.25) is 0 Å². The molecule has 0 bridgehead atoms. The molecule has 1 aliphatic rings. The van der Waals surface area contributed by atoms with Crippen molar-refractivity contribution in [3.8, 4) is 5.75 Å². The molecule has 1 aliphatic heterocycles. The molecular formula is C14H20ClNO3. The highest BCUT2D eigenvalue weighted by Crippen LogP contribution is 2.15. The second kappa shape index (κ2) is 8.02. The van der Waals surface area contributed by atoms with Crippen LogP contribution in [-0.2, 0) is 16.0 Å². The van der Waals surface area contributed by atoms with Gasteiger partial charge in [0.25, 0.3) is 0 Å². The minimum absolute atomic E-state index is 0. The Balaban J connectivity index is 0.00000180. The van der Waals surface area contributed by atoms with Gasteiger partial charge in [-0.3, -0.25) is 4.79 Å². The molecule has 0 radical (unpaired) electrons.